The van der Waals surface area contributed by atoms with Crippen molar-refractivity contribution in [3.63, 3.8) is 0 Å². The zero-order valence-corrected chi connectivity index (χ0v) is 7.28. The molecule has 0 radical (unpaired) electrons. The minimum atomic E-state index is -0.411. The van der Waals surface area contributed by atoms with Crippen LogP contribution in [0.15, 0.2) is 0 Å². The number of hydrogen-bond acceptors (Lipinski definition) is 4. The standard InChI is InChI=1S/C8H12N2O2/c1-7(5-9)11-3-4-12-8(2)6-10/h7-8H,3-4H2,1-2H3. The molecule has 4 nitrogen and oxygen atoms in total. The lowest BCUT2D eigenvalue weighted by Gasteiger charge is -2.06. The Balaban J connectivity index is 3.24. The van der Waals surface area contributed by atoms with Gasteiger partial charge in [0.25, 0.3) is 0 Å². The normalized spacial score (nSPS) is 14.3. The summed E-state index contributed by atoms with van der Waals surface area (Å²) in [4.78, 5) is 0. The molecule has 0 saturated heterocycles. The van der Waals surface area contributed by atoms with Crippen LogP contribution in [0.4, 0.5) is 0 Å². The van der Waals surface area contributed by atoms with Gasteiger partial charge in [-0.2, -0.15) is 10.5 Å². The molecule has 0 bridgehead atoms. The van der Waals surface area contributed by atoms with Crippen LogP contribution in [-0.2, 0) is 9.47 Å². The predicted octanol–water partition coefficient (Wildman–Crippen LogP) is 0.844. The van der Waals surface area contributed by atoms with E-state index >= 15 is 0 Å². The predicted molar refractivity (Wildman–Crippen MR) is 42.1 cm³/mol. The van der Waals surface area contributed by atoms with E-state index in [1.54, 1.807) is 13.8 Å². The van der Waals surface area contributed by atoms with Crippen molar-refractivity contribution in [2.24, 2.45) is 0 Å². The van der Waals surface area contributed by atoms with Gasteiger partial charge in [-0.15, -0.1) is 0 Å². The Morgan fingerprint density at radius 1 is 1.00 bits per heavy atom. The van der Waals surface area contributed by atoms with Gasteiger partial charge in [0.1, 0.15) is 12.2 Å². The summed E-state index contributed by atoms with van der Waals surface area (Å²) in [6.45, 7) is 4.02. The van der Waals surface area contributed by atoms with Crippen LogP contribution < -0.4 is 0 Å². The van der Waals surface area contributed by atoms with Gasteiger partial charge in [-0.05, 0) is 13.8 Å². The van der Waals surface area contributed by atoms with Crippen LogP contribution in [-0.4, -0.2) is 25.4 Å². The second-order valence-corrected chi connectivity index (χ2v) is 2.28. The molecule has 0 aromatic heterocycles. The molecule has 66 valence electrons. The molecule has 0 amide bonds. The Bertz CT molecular complexity index is 170. The molecular weight excluding hydrogens is 156 g/mol. The van der Waals surface area contributed by atoms with E-state index in [0.717, 1.165) is 0 Å². The number of nitrogens with zero attached hydrogens (tertiary/aromatic N) is 2. The van der Waals surface area contributed by atoms with Crippen LogP contribution in [0, 0.1) is 22.7 Å². The van der Waals surface area contributed by atoms with E-state index in [1.165, 1.54) is 0 Å². The van der Waals surface area contributed by atoms with E-state index in [1.807, 2.05) is 12.1 Å². The van der Waals surface area contributed by atoms with Crippen molar-refractivity contribution < 1.29 is 9.47 Å². The van der Waals surface area contributed by atoms with Crippen molar-refractivity contribution in [3.8, 4) is 12.1 Å². The average Bonchev–Trinajstić information content (AvgIpc) is 2.11. The van der Waals surface area contributed by atoms with E-state index in [2.05, 4.69) is 0 Å². The van der Waals surface area contributed by atoms with E-state index in [-0.39, 0.29) is 0 Å². The van der Waals surface area contributed by atoms with Gasteiger partial charge in [-0.25, -0.2) is 0 Å². The second kappa shape index (κ2) is 6.60. The topological polar surface area (TPSA) is 66.0 Å². The van der Waals surface area contributed by atoms with Gasteiger partial charge in [-0.3, -0.25) is 0 Å². The lowest BCUT2D eigenvalue weighted by atomic mass is 10.4. The number of ether oxygens (including phenoxy) is 2. The Hall–Kier alpha value is -1.10. The monoisotopic (exact) mass is 168 g/mol. The summed E-state index contributed by atoms with van der Waals surface area (Å²) in [5, 5.41) is 16.6. The first-order chi connectivity index (χ1) is 5.70. The first kappa shape index (κ1) is 10.9. The lowest BCUT2D eigenvalue weighted by Crippen LogP contribution is -2.14. The summed E-state index contributed by atoms with van der Waals surface area (Å²) < 4.78 is 9.98. The highest BCUT2D eigenvalue weighted by atomic mass is 16.5. The van der Waals surface area contributed by atoms with Gasteiger partial charge in [0, 0.05) is 0 Å². The summed E-state index contributed by atoms with van der Waals surface area (Å²) in [6.07, 6.45) is -0.822. The molecule has 0 aliphatic carbocycles. The zero-order valence-electron chi connectivity index (χ0n) is 7.28. The molecule has 0 aliphatic rings. The van der Waals surface area contributed by atoms with Crippen molar-refractivity contribution >= 4 is 0 Å². The maximum atomic E-state index is 8.32. The van der Waals surface area contributed by atoms with Gasteiger partial charge < -0.3 is 9.47 Å². The quantitative estimate of drug-likeness (QED) is 0.570. The van der Waals surface area contributed by atoms with Crippen LogP contribution in [0.3, 0.4) is 0 Å². The fourth-order valence-electron chi connectivity index (χ4n) is 0.524. The molecule has 0 aliphatic heterocycles. The van der Waals surface area contributed by atoms with Gasteiger partial charge >= 0.3 is 0 Å². The van der Waals surface area contributed by atoms with Crippen molar-refractivity contribution in [2.45, 2.75) is 26.1 Å². The van der Waals surface area contributed by atoms with Gasteiger partial charge in [0.05, 0.1) is 25.4 Å². The highest BCUT2D eigenvalue weighted by Gasteiger charge is 2.00. The fourth-order valence-corrected chi connectivity index (χ4v) is 0.524. The molecule has 0 aromatic carbocycles. The van der Waals surface area contributed by atoms with Crippen LogP contribution >= 0.6 is 0 Å². The van der Waals surface area contributed by atoms with Crippen molar-refractivity contribution in [1.29, 1.82) is 10.5 Å². The molecule has 0 rings (SSSR count). The highest BCUT2D eigenvalue weighted by molar-refractivity contribution is 4.80. The van der Waals surface area contributed by atoms with E-state index in [9.17, 15) is 0 Å². The first-order valence-electron chi connectivity index (χ1n) is 3.73. The van der Waals surface area contributed by atoms with Crippen LogP contribution in [0.2, 0.25) is 0 Å². The van der Waals surface area contributed by atoms with Crippen molar-refractivity contribution in [3.05, 3.63) is 0 Å². The molecule has 0 fully saturated rings. The third-order valence-electron chi connectivity index (χ3n) is 1.18. The third-order valence-corrected chi connectivity index (χ3v) is 1.18. The zero-order chi connectivity index (χ0) is 9.40. The van der Waals surface area contributed by atoms with Crippen molar-refractivity contribution in [2.75, 3.05) is 13.2 Å². The van der Waals surface area contributed by atoms with Gasteiger partial charge in [-0.1, -0.05) is 0 Å². The maximum Gasteiger partial charge on any atom is 0.141 e. The van der Waals surface area contributed by atoms with E-state index in [0.29, 0.717) is 13.2 Å². The maximum absolute atomic E-state index is 8.32. The molecule has 12 heavy (non-hydrogen) atoms. The minimum absolute atomic E-state index is 0.348. The molecule has 0 aromatic rings. The Labute approximate surface area is 72.3 Å². The largest absolute Gasteiger partial charge is 0.361 e. The lowest BCUT2D eigenvalue weighted by molar-refractivity contribution is 0.0188. The highest BCUT2D eigenvalue weighted by Crippen LogP contribution is 1.90. The first-order valence-corrected chi connectivity index (χ1v) is 3.73. The second-order valence-electron chi connectivity index (χ2n) is 2.28. The third kappa shape index (κ3) is 5.67. The molecule has 0 heterocycles. The van der Waals surface area contributed by atoms with Crippen LogP contribution in [0.5, 0.6) is 0 Å². The van der Waals surface area contributed by atoms with E-state index in [4.69, 9.17) is 20.0 Å². The fraction of sp³-hybridized carbons (Fsp3) is 0.750. The van der Waals surface area contributed by atoms with Crippen molar-refractivity contribution in [1.82, 2.24) is 0 Å². The summed E-state index contributed by atoms with van der Waals surface area (Å²) >= 11 is 0. The average molecular weight is 168 g/mol. The summed E-state index contributed by atoms with van der Waals surface area (Å²) in [5.41, 5.74) is 0. The Morgan fingerprint density at radius 3 is 1.58 bits per heavy atom. The molecule has 0 saturated carbocycles. The van der Waals surface area contributed by atoms with Gasteiger partial charge in [0.2, 0.25) is 0 Å². The smallest absolute Gasteiger partial charge is 0.141 e. The number of hydrogen-bond donors (Lipinski definition) is 0. The molecule has 0 N–H and O–H groups in total. The number of nitriles is 2. The Kier molecular flexibility index (Phi) is 6.00. The Morgan fingerprint density at radius 2 is 1.33 bits per heavy atom. The molecule has 2 atom stereocenters. The van der Waals surface area contributed by atoms with Gasteiger partial charge in [0.15, 0.2) is 0 Å². The molecular formula is C8H12N2O2. The minimum Gasteiger partial charge on any atom is -0.361 e. The molecule has 0 spiro atoms. The van der Waals surface area contributed by atoms with Crippen LogP contribution in [0.25, 0.3) is 0 Å². The SMILES string of the molecule is CC(C#N)OCCOC(C)C#N. The molecule has 2 unspecified atom stereocenters. The summed E-state index contributed by atoms with van der Waals surface area (Å²) in [7, 11) is 0. The van der Waals surface area contributed by atoms with Crippen LogP contribution in [0.1, 0.15) is 13.8 Å². The number of rotatable bonds is 5. The summed E-state index contributed by atoms with van der Waals surface area (Å²) in [5.74, 6) is 0. The van der Waals surface area contributed by atoms with E-state index < -0.39 is 12.2 Å². The summed E-state index contributed by atoms with van der Waals surface area (Å²) in [6, 6.07) is 3.85. The molecule has 4 heteroatoms.